The zero-order valence-electron chi connectivity index (χ0n) is 19.9. The van der Waals surface area contributed by atoms with E-state index in [0.717, 1.165) is 45.2 Å². The summed E-state index contributed by atoms with van der Waals surface area (Å²) in [6.45, 7) is 5.88. The molecule has 0 radical (unpaired) electrons. The van der Waals surface area contributed by atoms with Gasteiger partial charge in [0.2, 0.25) is 11.8 Å². The van der Waals surface area contributed by atoms with Gasteiger partial charge in [0.25, 0.3) is 5.91 Å². The quantitative estimate of drug-likeness (QED) is 0.726. The number of fused-ring (bicyclic) bond motifs is 2. The van der Waals surface area contributed by atoms with E-state index in [4.69, 9.17) is 9.47 Å². The van der Waals surface area contributed by atoms with Crippen LogP contribution >= 0.6 is 0 Å². The molecule has 1 saturated heterocycles. The van der Waals surface area contributed by atoms with Gasteiger partial charge in [-0.3, -0.25) is 14.5 Å². The predicted octanol–water partition coefficient (Wildman–Crippen LogP) is 3.48. The molecular formula is C26H34N4O4. The third kappa shape index (κ3) is 6.05. The molecule has 0 aliphatic carbocycles. The molecule has 1 unspecified atom stereocenters. The first-order valence-corrected chi connectivity index (χ1v) is 12.3. The zero-order chi connectivity index (χ0) is 23.8. The van der Waals surface area contributed by atoms with Crippen molar-refractivity contribution >= 4 is 11.8 Å². The van der Waals surface area contributed by atoms with Crippen molar-refractivity contribution in [3.8, 4) is 17.4 Å². The second-order valence-corrected chi connectivity index (χ2v) is 8.77. The van der Waals surface area contributed by atoms with Crippen LogP contribution in [-0.2, 0) is 4.79 Å². The Labute approximate surface area is 201 Å². The number of benzene rings is 1. The zero-order valence-corrected chi connectivity index (χ0v) is 19.9. The number of hydrogen-bond acceptors (Lipinski definition) is 6. The largest absolute Gasteiger partial charge is 0.490 e. The minimum absolute atomic E-state index is 0.0130. The Morgan fingerprint density at radius 3 is 2.79 bits per heavy atom. The second-order valence-electron chi connectivity index (χ2n) is 8.77. The van der Waals surface area contributed by atoms with Crippen molar-refractivity contribution in [2.24, 2.45) is 0 Å². The lowest BCUT2D eigenvalue weighted by Crippen LogP contribution is -2.45. The maximum Gasteiger partial charge on any atom is 0.259 e. The van der Waals surface area contributed by atoms with Crippen molar-refractivity contribution in [1.29, 1.82) is 0 Å². The number of ether oxygens (including phenoxy) is 2. The molecule has 1 aromatic carbocycles. The SMILES string of the molecule is CCN1CCCC1CNC(=O)CN1CCCCCOc2ccccc2Oc2ncccc2C1=O. The van der Waals surface area contributed by atoms with E-state index in [2.05, 4.69) is 22.1 Å². The van der Waals surface area contributed by atoms with Crippen molar-refractivity contribution in [2.75, 3.05) is 39.3 Å². The monoisotopic (exact) mass is 466 g/mol. The van der Waals surface area contributed by atoms with Gasteiger partial charge < -0.3 is 19.7 Å². The number of aromatic nitrogens is 1. The number of hydrogen-bond donors (Lipinski definition) is 1. The summed E-state index contributed by atoms with van der Waals surface area (Å²) in [5.74, 6) is 0.941. The summed E-state index contributed by atoms with van der Waals surface area (Å²) in [5.41, 5.74) is 0.331. The Morgan fingerprint density at radius 1 is 1.09 bits per heavy atom. The first-order chi connectivity index (χ1) is 16.7. The van der Waals surface area contributed by atoms with Gasteiger partial charge in [0, 0.05) is 25.3 Å². The number of nitrogens with zero attached hydrogens (tertiary/aromatic N) is 3. The molecule has 1 atom stereocenters. The van der Waals surface area contributed by atoms with Crippen LogP contribution < -0.4 is 14.8 Å². The van der Waals surface area contributed by atoms with Crippen molar-refractivity contribution in [3.05, 3.63) is 48.2 Å². The van der Waals surface area contributed by atoms with Crippen LogP contribution in [0.3, 0.4) is 0 Å². The highest BCUT2D eigenvalue weighted by molar-refractivity contribution is 5.98. The molecule has 1 fully saturated rings. The van der Waals surface area contributed by atoms with Crippen LogP contribution in [0.5, 0.6) is 17.4 Å². The van der Waals surface area contributed by atoms with Crippen LogP contribution in [0, 0.1) is 0 Å². The maximum atomic E-state index is 13.5. The fourth-order valence-corrected chi connectivity index (χ4v) is 4.58. The summed E-state index contributed by atoms with van der Waals surface area (Å²) >= 11 is 0. The lowest BCUT2D eigenvalue weighted by molar-refractivity contribution is -0.122. The van der Waals surface area contributed by atoms with Crippen molar-refractivity contribution in [3.63, 3.8) is 0 Å². The topological polar surface area (TPSA) is 84.0 Å². The van der Waals surface area contributed by atoms with Gasteiger partial charge in [0.05, 0.1) is 13.2 Å². The van der Waals surface area contributed by atoms with E-state index in [1.165, 1.54) is 0 Å². The molecule has 3 heterocycles. The van der Waals surface area contributed by atoms with Crippen LogP contribution in [0.2, 0.25) is 0 Å². The number of amides is 2. The minimum Gasteiger partial charge on any atom is -0.490 e. The lowest BCUT2D eigenvalue weighted by atomic mass is 10.2. The molecule has 2 aliphatic heterocycles. The number of carbonyl (C=O) groups is 2. The summed E-state index contributed by atoms with van der Waals surface area (Å²) in [4.78, 5) is 34.7. The fraction of sp³-hybridized carbons (Fsp3) is 0.500. The maximum absolute atomic E-state index is 13.5. The van der Waals surface area contributed by atoms with Gasteiger partial charge in [-0.05, 0) is 69.5 Å². The molecule has 0 saturated carbocycles. The highest BCUT2D eigenvalue weighted by Gasteiger charge is 2.26. The van der Waals surface area contributed by atoms with Gasteiger partial charge in [0.15, 0.2) is 11.5 Å². The molecule has 182 valence electrons. The van der Waals surface area contributed by atoms with E-state index in [1.807, 2.05) is 18.2 Å². The van der Waals surface area contributed by atoms with E-state index in [0.29, 0.717) is 42.8 Å². The molecule has 0 spiro atoms. The third-order valence-corrected chi connectivity index (χ3v) is 6.45. The fourth-order valence-electron chi connectivity index (χ4n) is 4.58. The number of para-hydroxylation sites is 2. The Morgan fingerprint density at radius 2 is 1.94 bits per heavy atom. The number of likely N-dealkylation sites (tertiary alicyclic amines) is 1. The Hall–Kier alpha value is -3.13. The Balaban J connectivity index is 1.50. The van der Waals surface area contributed by atoms with E-state index in [9.17, 15) is 9.59 Å². The predicted molar refractivity (Wildman–Crippen MR) is 129 cm³/mol. The summed E-state index contributed by atoms with van der Waals surface area (Å²) in [6.07, 6.45) is 6.37. The first-order valence-electron chi connectivity index (χ1n) is 12.3. The van der Waals surface area contributed by atoms with E-state index in [1.54, 1.807) is 29.3 Å². The molecule has 1 aromatic heterocycles. The summed E-state index contributed by atoms with van der Waals surface area (Å²) in [6, 6.07) is 11.2. The standard InChI is InChI=1S/C26H34N4O4/c1-2-29-16-9-10-20(29)18-28-24(31)19-30-15-6-3-7-17-33-22-12-4-5-13-23(22)34-25-21(26(30)32)11-8-14-27-25/h4-5,8,11-14,20H,2-3,6-7,9-10,15-19H2,1H3,(H,28,31). The average molecular weight is 467 g/mol. The van der Waals surface area contributed by atoms with Crippen LogP contribution in [0.4, 0.5) is 0 Å². The molecule has 4 rings (SSSR count). The smallest absolute Gasteiger partial charge is 0.259 e. The molecule has 2 aromatic rings. The molecule has 1 N–H and O–H groups in total. The van der Waals surface area contributed by atoms with Crippen LogP contribution in [-0.4, -0.2) is 72.0 Å². The third-order valence-electron chi connectivity index (χ3n) is 6.45. The molecule has 2 amide bonds. The molecular weight excluding hydrogens is 432 g/mol. The Bertz CT molecular complexity index is 983. The van der Waals surface area contributed by atoms with Gasteiger partial charge in [-0.1, -0.05) is 19.1 Å². The molecule has 8 heteroatoms. The van der Waals surface area contributed by atoms with Gasteiger partial charge in [-0.2, -0.15) is 0 Å². The number of carbonyl (C=O) groups excluding carboxylic acids is 2. The van der Waals surface area contributed by atoms with E-state index >= 15 is 0 Å². The highest BCUT2D eigenvalue weighted by atomic mass is 16.5. The summed E-state index contributed by atoms with van der Waals surface area (Å²) in [5, 5.41) is 3.05. The summed E-state index contributed by atoms with van der Waals surface area (Å²) in [7, 11) is 0. The normalized spacial score (nSPS) is 19.5. The number of pyridine rings is 1. The van der Waals surface area contributed by atoms with Crippen LogP contribution in [0.1, 0.15) is 49.4 Å². The van der Waals surface area contributed by atoms with Gasteiger partial charge >= 0.3 is 0 Å². The van der Waals surface area contributed by atoms with Gasteiger partial charge in [-0.25, -0.2) is 4.98 Å². The molecule has 8 nitrogen and oxygen atoms in total. The van der Waals surface area contributed by atoms with E-state index < -0.39 is 0 Å². The van der Waals surface area contributed by atoms with Crippen molar-refractivity contribution in [2.45, 2.75) is 45.1 Å². The van der Waals surface area contributed by atoms with Crippen molar-refractivity contribution < 1.29 is 19.1 Å². The molecule has 2 aliphatic rings. The molecule has 0 bridgehead atoms. The Kier molecular flexibility index (Phi) is 8.36. The number of rotatable bonds is 5. The lowest BCUT2D eigenvalue weighted by Gasteiger charge is -2.25. The minimum atomic E-state index is -0.257. The second kappa shape index (κ2) is 11.8. The van der Waals surface area contributed by atoms with Crippen molar-refractivity contribution in [1.82, 2.24) is 20.1 Å². The number of likely N-dealkylation sites (N-methyl/N-ethyl adjacent to an activating group) is 1. The average Bonchev–Trinajstić information content (AvgIpc) is 3.32. The van der Waals surface area contributed by atoms with Crippen LogP contribution in [0.25, 0.3) is 0 Å². The summed E-state index contributed by atoms with van der Waals surface area (Å²) < 4.78 is 11.9. The molecule has 34 heavy (non-hydrogen) atoms. The van der Waals surface area contributed by atoms with Gasteiger partial charge in [-0.15, -0.1) is 0 Å². The van der Waals surface area contributed by atoms with Gasteiger partial charge in [0.1, 0.15) is 5.56 Å². The number of nitrogens with one attached hydrogen (secondary N) is 1. The highest BCUT2D eigenvalue weighted by Crippen LogP contribution is 2.32. The first kappa shape index (κ1) is 24.0. The van der Waals surface area contributed by atoms with Crippen LogP contribution in [0.15, 0.2) is 42.6 Å². The van der Waals surface area contributed by atoms with E-state index in [-0.39, 0.29) is 24.2 Å².